The molecule has 59 heavy (non-hydrogen) atoms. The number of methoxy groups -OCH3 is 1. The monoisotopic (exact) mass is 760 g/mol. The summed E-state index contributed by atoms with van der Waals surface area (Å²) in [7, 11) is 1.72. The van der Waals surface area contributed by atoms with Gasteiger partial charge in [-0.1, -0.05) is 129 Å². The van der Waals surface area contributed by atoms with Gasteiger partial charge in [0.2, 0.25) is 5.95 Å². The molecule has 11 aromatic rings. The largest absolute Gasteiger partial charge is 0.497 e. The van der Waals surface area contributed by atoms with Gasteiger partial charge in [0, 0.05) is 33.4 Å². The van der Waals surface area contributed by atoms with Gasteiger partial charge in [-0.25, -0.2) is 4.98 Å². The Labute approximate surface area is 340 Å². The van der Waals surface area contributed by atoms with E-state index >= 15 is 0 Å². The molecule has 0 saturated heterocycles. The Balaban J connectivity index is 1.16. The minimum atomic E-state index is -0.390. The highest BCUT2D eigenvalue weighted by Gasteiger charge is 2.39. The van der Waals surface area contributed by atoms with Crippen LogP contribution in [0, 0.1) is 0 Å². The Morgan fingerprint density at radius 3 is 1.66 bits per heavy atom. The van der Waals surface area contributed by atoms with Gasteiger partial charge >= 0.3 is 0 Å². The zero-order valence-electron chi connectivity index (χ0n) is 32.7. The van der Waals surface area contributed by atoms with Crippen molar-refractivity contribution >= 4 is 82.4 Å². The van der Waals surface area contributed by atoms with E-state index in [0.29, 0.717) is 17.6 Å². The quantitative estimate of drug-likeness (QED) is 0.166. The molecule has 1 aliphatic heterocycles. The fourth-order valence-electron chi connectivity index (χ4n) is 9.35. The Hall–Kier alpha value is -7.57. The zero-order chi connectivity index (χ0) is 39.4. The highest BCUT2D eigenvalue weighted by molar-refractivity contribution is 6.28. The van der Waals surface area contributed by atoms with Gasteiger partial charge in [-0.05, 0) is 96.7 Å². The predicted octanol–water partition coefficient (Wildman–Crippen LogP) is 13.8. The topological polar surface area (TPSA) is 64.3 Å². The first-order valence-corrected chi connectivity index (χ1v) is 20.0. The number of aromatic nitrogens is 3. The molecule has 6 nitrogen and oxygen atoms in total. The standard InChI is InChI=1S/C53H36N4O2/c1-53(2)44-24-33-18-10-11-19-34(33)25-46(44)57(52-55-50(31-14-6-4-7-15-31)54-51(56-52)32-16-8-5-9-17-32)47-30-49-43(28-45(47)53)42-27-40-37-21-13-12-20-36(37)39-26-35(58-3)22-23-38(39)41(40)29-48(42)59-49/h4-30H,1-3H3. The molecule has 3 heterocycles. The second-order valence-electron chi connectivity index (χ2n) is 16.0. The minimum absolute atomic E-state index is 0.390. The van der Waals surface area contributed by atoms with E-state index in [4.69, 9.17) is 24.1 Å². The molecule has 0 radical (unpaired) electrons. The predicted molar refractivity (Wildman–Crippen MR) is 241 cm³/mol. The van der Waals surface area contributed by atoms with E-state index in [1.54, 1.807) is 7.11 Å². The van der Waals surface area contributed by atoms with E-state index in [1.807, 2.05) is 66.7 Å². The molecule has 2 aromatic heterocycles. The van der Waals surface area contributed by atoms with Crippen LogP contribution < -0.4 is 9.64 Å². The van der Waals surface area contributed by atoms with Crippen molar-refractivity contribution in [3.63, 3.8) is 0 Å². The molecule has 0 atom stereocenters. The lowest BCUT2D eigenvalue weighted by molar-refractivity contribution is 0.415. The third kappa shape index (κ3) is 5.02. The Morgan fingerprint density at radius 2 is 0.983 bits per heavy atom. The number of fused-ring (bicyclic) bond motifs is 12. The number of hydrogen-bond acceptors (Lipinski definition) is 6. The van der Waals surface area contributed by atoms with Crippen LogP contribution >= 0.6 is 0 Å². The first kappa shape index (κ1) is 33.6. The van der Waals surface area contributed by atoms with E-state index in [1.165, 1.54) is 27.1 Å². The summed E-state index contributed by atoms with van der Waals surface area (Å²) in [5, 5.41) is 11.5. The molecule has 0 spiro atoms. The van der Waals surface area contributed by atoms with Crippen molar-refractivity contribution in [2.45, 2.75) is 19.3 Å². The molecular weight excluding hydrogens is 725 g/mol. The van der Waals surface area contributed by atoms with Crippen LogP contribution in [0.2, 0.25) is 0 Å². The summed E-state index contributed by atoms with van der Waals surface area (Å²) in [5.74, 6) is 2.59. The highest BCUT2D eigenvalue weighted by atomic mass is 16.5. The van der Waals surface area contributed by atoms with Crippen LogP contribution in [0.5, 0.6) is 5.75 Å². The van der Waals surface area contributed by atoms with E-state index in [9.17, 15) is 0 Å². The maximum Gasteiger partial charge on any atom is 0.238 e. The van der Waals surface area contributed by atoms with Gasteiger partial charge in [0.1, 0.15) is 16.9 Å². The summed E-state index contributed by atoms with van der Waals surface area (Å²) >= 11 is 0. The number of anilines is 3. The van der Waals surface area contributed by atoms with Gasteiger partial charge in [-0.3, -0.25) is 4.90 Å². The molecular formula is C53H36N4O2. The van der Waals surface area contributed by atoms with Crippen molar-refractivity contribution in [2.75, 3.05) is 12.0 Å². The highest BCUT2D eigenvalue weighted by Crippen LogP contribution is 2.54. The molecule has 280 valence electrons. The molecule has 0 unspecified atom stereocenters. The molecule has 1 aliphatic rings. The van der Waals surface area contributed by atoms with Crippen molar-refractivity contribution in [3.8, 4) is 28.5 Å². The maximum atomic E-state index is 6.92. The van der Waals surface area contributed by atoms with Crippen LogP contribution in [0.3, 0.4) is 0 Å². The first-order valence-electron chi connectivity index (χ1n) is 20.0. The zero-order valence-corrected chi connectivity index (χ0v) is 32.7. The van der Waals surface area contributed by atoms with Gasteiger partial charge in [0.25, 0.3) is 0 Å². The third-order valence-electron chi connectivity index (χ3n) is 12.3. The minimum Gasteiger partial charge on any atom is -0.497 e. The molecule has 0 N–H and O–H groups in total. The fourth-order valence-corrected chi connectivity index (χ4v) is 9.35. The van der Waals surface area contributed by atoms with Crippen molar-refractivity contribution in [2.24, 2.45) is 0 Å². The summed E-state index contributed by atoms with van der Waals surface area (Å²) in [5.41, 5.74) is 7.44. The average molecular weight is 761 g/mol. The molecule has 6 heteroatoms. The summed E-state index contributed by atoms with van der Waals surface area (Å²) in [6.45, 7) is 4.65. The molecule has 12 rings (SSSR count). The molecule has 0 amide bonds. The fraction of sp³-hybridized carbons (Fsp3) is 0.0755. The molecule has 9 aromatic carbocycles. The lowest BCUT2D eigenvalue weighted by atomic mass is 9.72. The smallest absolute Gasteiger partial charge is 0.238 e. The van der Waals surface area contributed by atoms with Gasteiger partial charge in [0.05, 0.1) is 18.5 Å². The van der Waals surface area contributed by atoms with E-state index < -0.39 is 0 Å². The average Bonchev–Trinajstić information content (AvgIpc) is 3.64. The third-order valence-corrected chi connectivity index (χ3v) is 12.3. The molecule has 0 saturated carbocycles. The summed E-state index contributed by atoms with van der Waals surface area (Å²) in [6, 6.07) is 57.6. The number of rotatable bonds is 4. The van der Waals surface area contributed by atoms with Gasteiger partial charge in [-0.15, -0.1) is 0 Å². The Kier molecular flexibility index (Phi) is 7.09. The summed E-state index contributed by atoms with van der Waals surface area (Å²) < 4.78 is 12.6. The van der Waals surface area contributed by atoms with Crippen LogP contribution in [0.25, 0.3) is 87.8 Å². The molecule has 0 aliphatic carbocycles. The first-order chi connectivity index (χ1) is 28.9. The van der Waals surface area contributed by atoms with Crippen molar-refractivity contribution in [1.82, 2.24) is 15.0 Å². The van der Waals surface area contributed by atoms with Crippen molar-refractivity contribution in [1.29, 1.82) is 0 Å². The lowest BCUT2D eigenvalue weighted by Gasteiger charge is -2.41. The Bertz CT molecular complexity index is 3460. The van der Waals surface area contributed by atoms with Crippen LogP contribution in [0.15, 0.2) is 168 Å². The molecule has 0 bridgehead atoms. The number of hydrogen-bond donors (Lipinski definition) is 0. The van der Waals surface area contributed by atoms with Crippen LogP contribution in [0.4, 0.5) is 17.3 Å². The molecule has 0 fully saturated rings. The van der Waals surface area contributed by atoms with Gasteiger partial charge in [-0.2, -0.15) is 9.97 Å². The second kappa shape index (κ2) is 12.5. The van der Waals surface area contributed by atoms with E-state index in [-0.39, 0.29) is 5.41 Å². The van der Waals surface area contributed by atoms with Crippen LogP contribution in [-0.2, 0) is 5.41 Å². The number of nitrogens with zero attached hydrogens (tertiary/aromatic N) is 4. The van der Waals surface area contributed by atoms with Crippen LogP contribution in [0.1, 0.15) is 25.0 Å². The number of benzene rings is 9. The number of furan rings is 1. The van der Waals surface area contributed by atoms with E-state index in [2.05, 4.69) is 116 Å². The second-order valence-corrected chi connectivity index (χ2v) is 16.0. The van der Waals surface area contributed by atoms with Crippen molar-refractivity contribution < 1.29 is 9.15 Å². The Morgan fingerprint density at radius 1 is 0.458 bits per heavy atom. The summed E-state index contributed by atoms with van der Waals surface area (Å²) in [6.07, 6.45) is 0. The normalized spacial score (nSPS) is 13.4. The van der Waals surface area contributed by atoms with Crippen LogP contribution in [-0.4, -0.2) is 22.1 Å². The van der Waals surface area contributed by atoms with E-state index in [0.717, 1.165) is 77.3 Å². The van der Waals surface area contributed by atoms with Gasteiger partial charge < -0.3 is 9.15 Å². The number of ether oxygens (including phenoxy) is 1. The van der Waals surface area contributed by atoms with Gasteiger partial charge in [0.15, 0.2) is 11.6 Å². The summed E-state index contributed by atoms with van der Waals surface area (Å²) in [4.78, 5) is 17.8. The SMILES string of the molecule is COc1ccc2c(c1)c1ccccc1c1cc3c(cc21)oc1cc2c(cc13)C(C)(C)c1cc3ccccc3cc1N2c1nc(-c2ccccc2)nc(-c2ccccc2)n1. The maximum absolute atomic E-state index is 6.92. The van der Waals surface area contributed by atoms with Crippen molar-refractivity contribution in [3.05, 3.63) is 175 Å². The lowest BCUT2D eigenvalue weighted by Crippen LogP contribution is -2.31.